The Balaban J connectivity index is 1.25. The standard InChI is InChI=1S/C29H37N3O6/c1-29(2,3)38-28(35)32-23(15-19-7-5-4-6-8-19)27(34)30-17-20-9-11-21(12-10-20)26(33)31-22-13-14-24-25(16-22)37-18-36-24/h4-8,13-14,16,20-21,23H,9-12,15,17-18H2,1-3H3,(H,30,34)(H,31,33)(H,32,35)/t20?,21?,23-/m0/s1. The zero-order chi connectivity index (χ0) is 27.1. The van der Waals surface area contributed by atoms with Crippen molar-refractivity contribution < 1.29 is 28.6 Å². The van der Waals surface area contributed by atoms with Crippen molar-refractivity contribution in [3.63, 3.8) is 0 Å². The first-order valence-corrected chi connectivity index (χ1v) is 13.2. The molecule has 9 nitrogen and oxygen atoms in total. The zero-order valence-electron chi connectivity index (χ0n) is 22.3. The zero-order valence-corrected chi connectivity index (χ0v) is 22.3. The van der Waals surface area contributed by atoms with E-state index in [1.54, 1.807) is 32.9 Å². The highest BCUT2D eigenvalue weighted by atomic mass is 16.7. The number of benzene rings is 2. The molecule has 1 saturated carbocycles. The van der Waals surface area contributed by atoms with Crippen LogP contribution in [0.15, 0.2) is 48.5 Å². The highest BCUT2D eigenvalue weighted by Crippen LogP contribution is 2.35. The second kappa shape index (κ2) is 12.2. The third-order valence-corrected chi connectivity index (χ3v) is 6.71. The van der Waals surface area contributed by atoms with E-state index in [1.807, 2.05) is 36.4 Å². The molecule has 0 radical (unpaired) electrons. The maximum absolute atomic E-state index is 13.1. The molecule has 1 aliphatic heterocycles. The molecule has 4 rings (SSSR count). The summed E-state index contributed by atoms with van der Waals surface area (Å²) in [5, 5.41) is 8.72. The Kier molecular flexibility index (Phi) is 8.76. The van der Waals surface area contributed by atoms with E-state index in [1.165, 1.54) is 0 Å². The number of carbonyl (C=O) groups excluding carboxylic acids is 3. The van der Waals surface area contributed by atoms with Gasteiger partial charge in [-0.05, 0) is 70.1 Å². The van der Waals surface area contributed by atoms with Crippen molar-refractivity contribution >= 4 is 23.6 Å². The monoisotopic (exact) mass is 523 g/mol. The van der Waals surface area contributed by atoms with E-state index >= 15 is 0 Å². The van der Waals surface area contributed by atoms with Crippen LogP contribution < -0.4 is 25.4 Å². The Morgan fingerprint density at radius 3 is 2.39 bits per heavy atom. The molecule has 0 bridgehead atoms. The van der Waals surface area contributed by atoms with Crippen LogP contribution in [0.3, 0.4) is 0 Å². The van der Waals surface area contributed by atoms with E-state index in [2.05, 4.69) is 16.0 Å². The first kappa shape index (κ1) is 27.3. The normalized spacial score (nSPS) is 19.2. The predicted octanol–water partition coefficient (Wildman–Crippen LogP) is 4.41. The maximum Gasteiger partial charge on any atom is 0.408 e. The van der Waals surface area contributed by atoms with Crippen molar-refractivity contribution in [1.82, 2.24) is 10.6 Å². The molecule has 0 saturated heterocycles. The third kappa shape index (κ3) is 7.87. The molecule has 2 aliphatic rings. The van der Waals surface area contributed by atoms with Crippen LogP contribution in [0.2, 0.25) is 0 Å². The van der Waals surface area contributed by atoms with Crippen LogP contribution >= 0.6 is 0 Å². The van der Waals surface area contributed by atoms with Gasteiger partial charge >= 0.3 is 6.09 Å². The Labute approximate surface area is 223 Å². The molecule has 0 unspecified atom stereocenters. The van der Waals surface area contributed by atoms with Gasteiger partial charge in [-0.25, -0.2) is 4.79 Å². The second-order valence-corrected chi connectivity index (χ2v) is 10.9. The Hall–Kier alpha value is -3.75. The molecule has 204 valence electrons. The van der Waals surface area contributed by atoms with Gasteiger partial charge in [-0.15, -0.1) is 0 Å². The molecule has 0 aromatic heterocycles. The summed E-state index contributed by atoms with van der Waals surface area (Å²) in [4.78, 5) is 38.3. The van der Waals surface area contributed by atoms with Crippen LogP contribution in [-0.4, -0.2) is 42.9 Å². The summed E-state index contributed by atoms with van der Waals surface area (Å²) < 4.78 is 16.1. The average molecular weight is 524 g/mol. The Bertz CT molecular complexity index is 1120. The van der Waals surface area contributed by atoms with E-state index in [9.17, 15) is 14.4 Å². The largest absolute Gasteiger partial charge is 0.454 e. The highest BCUT2D eigenvalue weighted by Gasteiger charge is 2.29. The van der Waals surface area contributed by atoms with Gasteiger partial charge in [-0.3, -0.25) is 9.59 Å². The van der Waals surface area contributed by atoms with Crippen molar-refractivity contribution in [2.45, 2.75) is 64.5 Å². The predicted molar refractivity (Wildman–Crippen MR) is 143 cm³/mol. The van der Waals surface area contributed by atoms with Gasteiger partial charge in [0, 0.05) is 30.6 Å². The molecule has 1 heterocycles. The molecule has 1 fully saturated rings. The Morgan fingerprint density at radius 2 is 1.68 bits per heavy atom. The van der Waals surface area contributed by atoms with E-state index in [0.717, 1.165) is 31.2 Å². The molecule has 2 aromatic rings. The minimum atomic E-state index is -0.754. The lowest BCUT2D eigenvalue weighted by molar-refractivity contribution is -0.124. The number of amides is 3. The van der Waals surface area contributed by atoms with Crippen molar-refractivity contribution in [2.75, 3.05) is 18.7 Å². The van der Waals surface area contributed by atoms with Gasteiger partial charge in [0.2, 0.25) is 18.6 Å². The lowest BCUT2D eigenvalue weighted by Crippen LogP contribution is -2.50. The number of alkyl carbamates (subject to hydrolysis) is 1. The fourth-order valence-corrected chi connectivity index (χ4v) is 4.72. The van der Waals surface area contributed by atoms with Gasteiger partial charge in [0.05, 0.1) is 0 Å². The van der Waals surface area contributed by atoms with Crippen LogP contribution in [0, 0.1) is 11.8 Å². The topological polar surface area (TPSA) is 115 Å². The first-order chi connectivity index (χ1) is 18.2. The minimum Gasteiger partial charge on any atom is -0.454 e. The number of fused-ring (bicyclic) bond motifs is 1. The minimum absolute atomic E-state index is 0.00385. The number of rotatable bonds is 8. The summed E-state index contributed by atoms with van der Waals surface area (Å²) in [6.45, 7) is 6.04. The van der Waals surface area contributed by atoms with E-state index in [0.29, 0.717) is 30.2 Å². The average Bonchev–Trinajstić information content (AvgIpc) is 3.35. The van der Waals surface area contributed by atoms with Gasteiger partial charge < -0.3 is 30.2 Å². The van der Waals surface area contributed by atoms with Crippen molar-refractivity contribution in [3.8, 4) is 11.5 Å². The number of anilines is 1. The summed E-state index contributed by atoms with van der Waals surface area (Å²) in [6, 6.07) is 14.2. The molecular formula is C29H37N3O6. The quantitative estimate of drug-likeness (QED) is 0.472. The van der Waals surface area contributed by atoms with E-state index < -0.39 is 17.7 Å². The van der Waals surface area contributed by atoms with Crippen LogP contribution in [-0.2, 0) is 20.7 Å². The summed E-state index contributed by atoms with van der Waals surface area (Å²) in [5.41, 5.74) is 0.971. The van der Waals surface area contributed by atoms with Gasteiger partial charge in [-0.2, -0.15) is 0 Å². The Morgan fingerprint density at radius 1 is 0.974 bits per heavy atom. The lowest BCUT2D eigenvalue weighted by Gasteiger charge is -2.29. The third-order valence-electron chi connectivity index (χ3n) is 6.71. The number of carbonyl (C=O) groups is 3. The van der Waals surface area contributed by atoms with Crippen molar-refractivity contribution in [1.29, 1.82) is 0 Å². The summed E-state index contributed by atoms with van der Waals surface area (Å²) >= 11 is 0. The van der Waals surface area contributed by atoms with E-state index in [-0.39, 0.29) is 30.4 Å². The molecule has 3 N–H and O–H groups in total. The molecule has 38 heavy (non-hydrogen) atoms. The van der Waals surface area contributed by atoms with Crippen LogP contribution in [0.25, 0.3) is 0 Å². The molecule has 0 spiro atoms. The summed E-state index contributed by atoms with van der Waals surface area (Å²) in [7, 11) is 0. The molecule has 1 atom stereocenters. The fourth-order valence-electron chi connectivity index (χ4n) is 4.72. The number of hydrogen-bond acceptors (Lipinski definition) is 6. The SMILES string of the molecule is CC(C)(C)OC(=O)N[C@@H](Cc1ccccc1)C(=O)NCC1CCC(C(=O)Nc2ccc3c(c2)OCO3)CC1. The van der Waals surface area contributed by atoms with Crippen molar-refractivity contribution in [3.05, 3.63) is 54.1 Å². The molecule has 3 amide bonds. The smallest absolute Gasteiger partial charge is 0.408 e. The van der Waals surface area contributed by atoms with Crippen LogP contribution in [0.5, 0.6) is 11.5 Å². The summed E-state index contributed by atoms with van der Waals surface area (Å²) in [6.07, 6.45) is 2.91. The summed E-state index contributed by atoms with van der Waals surface area (Å²) in [5.74, 6) is 1.25. The fraction of sp³-hybridized carbons (Fsp3) is 0.483. The maximum atomic E-state index is 13.1. The molecule has 9 heteroatoms. The molecular weight excluding hydrogens is 486 g/mol. The van der Waals surface area contributed by atoms with Gasteiger partial charge in [0.25, 0.3) is 0 Å². The van der Waals surface area contributed by atoms with Crippen molar-refractivity contribution in [2.24, 2.45) is 11.8 Å². The van der Waals surface area contributed by atoms with Gasteiger partial charge in [0.15, 0.2) is 11.5 Å². The number of ether oxygens (including phenoxy) is 3. The highest BCUT2D eigenvalue weighted by molar-refractivity contribution is 5.93. The second-order valence-electron chi connectivity index (χ2n) is 10.9. The molecule has 2 aromatic carbocycles. The number of nitrogens with one attached hydrogen (secondary N) is 3. The molecule has 1 aliphatic carbocycles. The number of hydrogen-bond donors (Lipinski definition) is 3. The van der Waals surface area contributed by atoms with Gasteiger partial charge in [-0.1, -0.05) is 30.3 Å². The van der Waals surface area contributed by atoms with E-state index in [4.69, 9.17) is 14.2 Å². The van der Waals surface area contributed by atoms with Gasteiger partial charge in [0.1, 0.15) is 11.6 Å². The lowest BCUT2D eigenvalue weighted by atomic mass is 9.81. The first-order valence-electron chi connectivity index (χ1n) is 13.2. The van der Waals surface area contributed by atoms with Crippen LogP contribution in [0.4, 0.5) is 10.5 Å². The van der Waals surface area contributed by atoms with Crippen LogP contribution in [0.1, 0.15) is 52.0 Å².